The molecule has 0 atom stereocenters. The van der Waals surface area contributed by atoms with E-state index in [1.165, 1.54) is 11.1 Å². The summed E-state index contributed by atoms with van der Waals surface area (Å²) in [5.74, 6) is 0.860. The Morgan fingerprint density at radius 3 is 2.56 bits per heavy atom. The molecule has 0 aliphatic carbocycles. The van der Waals surface area contributed by atoms with Crippen molar-refractivity contribution >= 4 is 11.6 Å². The quantitative estimate of drug-likeness (QED) is 0.808. The number of hydrogen-bond donors (Lipinski definition) is 0. The number of fused-ring (bicyclic) bond motifs is 1. The minimum absolute atomic E-state index is 0.216. The van der Waals surface area contributed by atoms with Gasteiger partial charge < -0.3 is 9.64 Å². The molecule has 0 bridgehead atoms. The Morgan fingerprint density at radius 2 is 1.81 bits per heavy atom. The summed E-state index contributed by atoms with van der Waals surface area (Å²) in [7, 11) is 1.63. The Hall–Kier alpha value is -2.44. The van der Waals surface area contributed by atoms with Crippen LogP contribution in [0.25, 0.3) is 0 Å². The van der Waals surface area contributed by atoms with Crippen LogP contribution in [0.1, 0.15) is 11.1 Å². The molecule has 0 saturated carbocycles. The number of aromatic nitrogens is 1. The Bertz CT molecular complexity index is 785. The molecule has 142 valence electrons. The first-order valence-electron chi connectivity index (χ1n) is 9.55. The van der Waals surface area contributed by atoms with Crippen molar-refractivity contribution in [2.45, 2.75) is 13.0 Å². The number of carbonyl (C=O) groups excluding carboxylic acids is 1. The van der Waals surface area contributed by atoms with Crippen LogP contribution in [-0.2, 0) is 17.8 Å². The van der Waals surface area contributed by atoms with E-state index in [0.29, 0.717) is 12.4 Å². The zero-order valence-electron chi connectivity index (χ0n) is 15.8. The summed E-state index contributed by atoms with van der Waals surface area (Å²) >= 11 is 0. The predicted octanol–water partition coefficient (Wildman–Crippen LogP) is 1.80. The molecular formula is C21H26N4O2. The Morgan fingerprint density at radius 1 is 1.04 bits per heavy atom. The number of pyridine rings is 1. The van der Waals surface area contributed by atoms with E-state index >= 15 is 0 Å². The number of amides is 1. The van der Waals surface area contributed by atoms with Crippen LogP contribution in [0.5, 0.6) is 5.88 Å². The number of piperazine rings is 1. The number of methoxy groups -OCH3 is 1. The molecule has 6 nitrogen and oxygen atoms in total. The Balaban J connectivity index is 1.26. The molecule has 2 aliphatic heterocycles. The maximum absolute atomic E-state index is 12.8. The molecule has 1 fully saturated rings. The monoisotopic (exact) mass is 366 g/mol. The second-order valence-electron chi connectivity index (χ2n) is 7.19. The second-order valence-corrected chi connectivity index (χ2v) is 7.19. The van der Waals surface area contributed by atoms with E-state index in [4.69, 9.17) is 4.74 Å². The van der Waals surface area contributed by atoms with Gasteiger partial charge in [-0.1, -0.05) is 24.3 Å². The van der Waals surface area contributed by atoms with E-state index in [-0.39, 0.29) is 5.91 Å². The third kappa shape index (κ3) is 4.12. The maximum atomic E-state index is 12.8. The molecular weight excluding hydrogens is 340 g/mol. The fraction of sp³-hybridized carbons (Fsp3) is 0.429. The smallest absolute Gasteiger partial charge is 0.241 e. The Labute approximate surface area is 160 Å². The van der Waals surface area contributed by atoms with Gasteiger partial charge >= 0.3 is 0 Å². The first-order chi connectivity index (χ1) is 13.2. The van der Waals surface area contributed by atoms with E-state index in [1.807, 2.05) is 29.3 Å². The van der Waals surface area contributed by atoms with Gasteiger partial charge in [-0.15, -0.1) is 0 Å². The van der Waals surface area contributed by atoms with Crippen molar-refractivity contribution in [1.29, 1.82) is 0 Å². The van der Waals surface area contributed by atoms with Gasteiger partial charge in [0, 0.05) is 57.2 Å². The van der Waals surface area contributed by atoms with E-state index < -0.39 is 0 Å². The zero-order chi connectivity index (χ0) is 18.6. The van der Waals surface area contributed by atoms with Crippen LogP contribution in [0.15, 0.2) is 42.6 Å². The van der Waals surface area contributed by atoms with Crippen molar-refractivity contribution in [3.05, 3.63) is 53.7 Å². The van der Waals surface area contributed by atoms with Crippen molar-refractivity contribution in [3.63, 3.8) is 0 Å². The Kier molecular flexibility index (Phi) is 5.36. The van der Waals surface area contributed by atoms with Gasteiger partial charge in [-0.25, -0.2) is 4.98 Å². The lowest BCUT2D eigenvalue weighted by molar-refractivity contribution is -0.120. The summed E-state index contributed by atoms with van der Waals surface area (Å²) < 4.78 is 5.11. The molecule has 1 amide bonds. The molecule has 0 unspecified atom stereocenters. The molecule has 1 saturated heterocycles. The van der Waals surface area contributed by atoms with Crippen LogP contribution in [-0.4, -0.2) is 67.1 Å². The number of hydrogen-bond acceptors (Lipinski definition) is 5. The molecule has 2 aliphatic rings. The molecule has 0 spiro atoms. The second kappa shape index (κ2) is 8.06. The first kappa shape index (κ1) is 17.9. The number of benzene rings is 1. The lowest BCUT2D eigenvalue weighted by atomic mass is 10.2. The first-order valence-corrected chi connectivity index (χ1v) is 9.55. The van der Waals surface area contributed by atoms with Gasteiger partial charge in [0.25, 0.3) is 0 Å². The molecule has 2 aromatic rings. The molecule has 0 N–H and O–H groups in total. The normalized spacial score (nSPS) is 17.7. The average molecular weight is 366 g/mol. The van der Waals surface area contributed by atoms with Gasteiger partial charge in [0.1, 0.15) is 0 Å². The van der Waals surface area contributed by atoms with Crippen LogP contribution in [0.2, 0.25) is 0 Å². The topological polar surface area (TPSA) is 48.9 Å². The van der Waals surface area contributed by atoms with Gasteiger partial charge in [0.05, 0.1) is 13.7 Å². The SMILES string of the molecule is COc1ccc(CN2CCN(CC(=O)N3CCc4ccccc43)CC2)cn1. The summed E-state index contributed by atoms with van der Waals surface area (Å²) in [6.45, 7) is 5.98. The molecule has 3 heterocycles. The standard InChI is InChI=1S/C21H26N4O2/c1-27-20-7-6-17(14-22-20)15-23-10-12-24(13-11-23)16-21(26)25-9-8-18-4-2-3-5-19(18)25/h2-7,14H,8-13,15-16H2,1H3. The minimum Gasteiger partial charge on any atom is -0.481 e. The number of anilines is 1. The van der Waals surface area contributed by atoms with Crippen LogP contribution < -0.4 is 9.64 Å². The van der Waals surface area contributed by atoms with Gasteiger partial charge in [0.15, 0.2) is 0 Å². The lowest BCUT2D eigenvalue weighted by Gasteiger charge is -2.35. The molecule has 27 heavy (non-hydrogen) atoms. The number of carbonyl (C=O) groups is 1. The maximum Gasteiger partial charge on any atom is 0.241 e. The van der Waals surface area contributed by atoms with Crippen molar-refractivity contribution < 1.29 is 9.53 Å². The van der Waals surface area contributed by atoms with Crippen molar-refractivity contribution in [3.8, 4) is 5.88 Å². The summed E-state index contributed by atoms with van der Waals surface area (Å²) in [4.78, 5) is 23.7. The lowest BCUT2D eigenvalue weighted by Crippen LogP contribution is -2.49. The third-order valence-corrected chi connectivity index (χ3v) is 5.42. The number of ether oxygens (including phenoxy) is 1. The fourth-order valence-corrected chi connectivity index (χ4v) is 3.86. The van der Waals surface area contributed by atoms with Crippen molar-refractivity contribution in [2.24, 2.45) is 0 Å². The molecule has 0 radical (unpaired) electrons. The summed E-state index contributed by atoms with van der Waals surface area (Å²) in [5.41, 5.74) is 3.56. The third-order valence-electron chi connectivity index (χ3n) is 5.42. The van der Waals surface area contributed by atoms with Crippen molar-refractivity contribution in [1.82, 2.24) is 14.8 Å². The fourth-order valence-electron chi connectivity index (χ4n) is 3.86. The molecule has 6 heteroatoms. The van der Waals surface area contributed by atoms with Crippen molar-refractivity contribution in [2.75, 3.05) is 51.3 Å². The summed E-state index contributed by atoms with van der Waals surface area (Å²) in [6, 6.07) is 12.2. The van der Waals surface area contributed by atoms with E-state index in [2.05, 4.69) is 33.0 Å². The molecule has 1 aromatic carbocycles. The average Bonchev–Trinajstić information content (AvgIpc) is 3.14. The van der Waals surface area contributed by atoms with Crippen LogP contribution >= 0.6 is 0 Å². The number of para-hydroxylation sites is 1. The van der Waals surface area contributed by atoms with E-state index in [0.717, 1.165) is 51.4 Å². The highest BCUT2D eigenvalue weighted by Crippen LogP contribution is 2.27. The number of rotatable bonds is 5. The largest absolute Gasteiger partial charge is 0.481 e. The van der Waals surface area contributed by atoms with Gasteiger partial charge in [-0.3, -0.25) is 14.6 Å². The van der Waals surface area contributed by atoms with Gasteiger partial charge in [-0.05, 0) is 23.6 Å². The predicted molar refractivity (Wildman–Crippen MR) is 105 cm³/mol. The van der Waals surface area contributed by atoms with Gasteiger partial charge in [0.2, 0.25) is 11.8 Å². The highest BCUT2D eigenvalue weighted by Gasteiger charge is 2.26. The van der Waals surface area contributed by atoms with Gasteiger partial charge in [-0.2, -0.15) is 0 Å². The van der Waals surface area contributed by atoms with Crippen LogP contribution in [0.3, 0.4) is 0 Å². The molecule has 1 aromatic heterocycles. The highest BCUT2D eigenvalue weighted by molar-refractivity contribution is 5.96. The van der Waals surface area contributed by atoms with Crippen LogP contribution in [0.4, 0.5) is 5.69 Å². The number of nitrogens with zero attached hydrogens (tertiary/aromatic N) is 4. The molecule has 4 rings (SSSR count). The minimum atomic E-state index is 0.216. The summed E-state index contributed by atoms with van der Waals surface area (Å²) in [6.07, 6.45) is 2.84. The highest BCUT2D eigenvalue weighted by atomic mass is 16.5. The zero-order valence-corrected chi connectivity index (χ0v) is 15.8. The van der Waals surface area contributed by atoms with Crippen LogP contribution in [0, 0.1) is 0 Å². The summed E-state index contributed by atoms with van der Waals surface area (Å²) in [5, 5.41) is 0. The van der Waals surface area contributed by atoms with E-state index in [1.54, 1.807) is 7.11 Å². The van der Waals surface area contributed by atoms with E-state index in [9.17, 15) is 4.79 Å².